The largest absolute Gasteiger partial charge is 0.480 e. The summed E-state index contributed by atoms with van der Waals surface area (Å²) in [6, 6.07) is 3.63. The predicted octanol–water partition coefficient (Wildman–Crippen LogP) is 1.38. The Morgan fingerprint density at radius 1 is 1.53 bits per heavy atom. The molecule has 0 unspecified atom stereocenters. The summed E-state index contributed by atoms with van der Waals surface area (Å²) in [5.41, 5.74) is 0.960. The van der Waals surface area contributed by atoms with Gasteiger partial charge in [0.15, 0.2) is 0 Å². The van der Waals surface area contributed by atoms with E-state index >= 15 is 0 Å². The van der Waals surface area contributed by atoms with Crippen LogP contribution >= 0.6 is 0 Å². The van der Waals surface area contributed by atoms with Crippen LogP contribution in [-0.4, -0.2) is 39.6 Å². The van der Waals surface area contributed by atoms with Crippen LogP contribution in [0.5, 0.6) is 0 Å². The third-order valence-electron chi connectivity index (χ3n) is 2.56. The molecule has 0 bridgehead atoms. The topological polar surface area (TPSA) is 94.1 Å². The minimum Gasteiger partial charge on any atom is -0.480 e. The quantitative estimate of drug-likeness (QED) is 0.752. The smallest absolute Gasteiger partial charge is 0.322 e. The van der Waals surface area contributed by atoms with Crippen molar-refractivity contribution in [3.8, 4) is 0 Å². The maximum atomic E-state index is 10.5. The number of aromatic nitrogens is 3. The van der Waals surface area contributed by atoms with E-state index in [2.05, 4.69) is 20.3 Å². The summed E-state index contributed by atoms with van der Waals surface area (Å²) in [4.78, 5) is 23.9. The zero-order chi connectivity index (χ0) is 13.8. The summed E-state index contributed by atoms with van der Waals surface area (Å²) in [6.07, 6.45) is 3.67. The summed E-state index contributed by atoms with van der Waals surface area (Å²) >= 11 is 0. The molecule has 0 aromatic carbocycles. The molecule has 0 atom stereocenters. The van der Waals surface area contributed by atoms with E-state index in [1.807, 2.05) is 30.4 Å². The van der Waals surface area contributed by atoms with E-state index in [9.17, 15) is 4.79 Å². The standard InChI is InChI=1S/C12H15N5O2/c1-8-15-10(14-7-12(18)19)5-11(16-8)17(2)9-3-4-13-6-9/h3-6,13H,7H2,1-2H3,(H,18,19)(H,14,15,16). The first kappa shape index (κ1) is 12.9. The number of aromatic amines is 1. The van der Waals surface area contributed by atoms with E-state index in [4.69, 9.17) is 5.11 Å². The molecule has 100 valence electrons. The van der Waals surface area contributed by atoms with E-state index in [0.717, 1.165) is 5.69 Å². The SMILES string of the molecule is Cc1nc(NCC(=O)O)cc(N(C)c2cc[nH]c2)n1. The molecule has 2 aromatic rings. The Morgan fingerprint density at radius 3 is 2.95 bits per heavy atom. The molecule has 7 heteroatoms. The minimum atomic E-state index is -0.934. The lowest BCUT2D eigenvalue weighted by Crippen LogP contribution is -2.16. The number of aliphatic carboxylic acids is 1. The third kappa shape index (κ3) is 3.21. The van der Waals surface area contributed by atoms with Gasteiger partial charge < -0.3 is 20.3 Å². The molecular formula is C12H15N5O2. The van der Waals surface area contributed by atoms with E-state index in [1.54, 1.807) is 13.0 Å². The number of aryl methyl sites for hydroxylation is 1. The van der Waals surface area contributed by atoms with Crippen molar-refractivity contribution in [1.82, 2.24) is 15.0 Å². The van der Waals surface area contributed by atoms with Crippen LogP contribution in [0.3, 0.4) is 0 Å². The summed E-state index contributed by atoms with van der Waals surface area (Å²) < 4.78 is 0. The van der Waals surface area contributed by atoms with Crippen molar-refractivity contribution in [1.29, 1.82) is 0 Å². The number of anilines is 3. The summed E-state index contributed by atoms with van der Waals surface area (Å²) in [5, 5.41) is 11.4. The van der Waals surface area contributed by atoms with Gasteiger partial charge in [-0.3, -0.25) is 4.79 Å². The average Bonchev–Trinajstić information content (AvgIpc) is 2.88. The maximum Gasteiger partial charge on any atom is 0.322 e. The average molecular weight is 261 g/mol. The van der Waals surface area contributed by atoms with Crippen molar-refractivity contribution in [2.75, 3.05) is 23.8 Å². The summed E-state index contributed by atoms with van der Waals surface area (Å²) in [7, 11) is 1.88. The van der Waals surface area contributed by atoms with Crippen LogP contribution in [0.4, 0.5) is 17.3 Å². The molecule has 0 aliphatic heterocycles. The Labute approximate surface area is 110 Å². The summed E-state index contributed by atoms with van der Waals surface area (Å²) in [6.45, 7) is 1.59. The van der Waals surface area contributed by atoms with Gasteiger partial charge in [-0.15, -0.1) is 0 Å². The fourth-order valence-electron chi connectivity index (χ4n) is 1.64. The molecule has 0 radical (unpaired) electrons. The zero-order valence-corrected chi connectivity index (χ0v) is 10.7. The second-order valence-electron chi connectivity index (χ2n) is 4.03. The molecule has 0 aliphatic rings. The second-order valence-corrected chi connectivity index (χ2v) is 4.03. The van der Waals surface area contributed by atoms with Gasteiger partial charge in [0.25, 0.3) is 0 Å². The van der Waals surface area contributed by atoms with Gasteiger partial charge in [0, 0.05) is 25.5 Å². The number of rotatable bonds is 5. The highest BCUT2D eigenvalue weighted by Gasteiger charge is 2.09. The van der Waals surface area contributed by atoms with Crippen molar-refractivity contribution in [2.24, 2.45) is 0 Å². The number of H-pyrrole nitrogens is 1. The Hall–Kier alpha value is -2.57. The number of nitrogens with one attached hydrogen (secondary N) is 2. The van der Waals surface area contributed by atoms with Gasteiger partial charge in [-0.05, 0) is 13.0 Å². The third-order valence-corrected chi connectivity index (χ3v) is 2.56. The van der Waals surface area contributed by atoms with Gasteiger partial charge >= 0.3 is 5.97 Å². The Kier molecular flexibility index (Phi) is 3.65. The van der Waals surface area contributed by atoms with Crippen LogP contribution < -0.4 is 10.2 Å². The molecule has 2 heterocycles. The van der Waals surface area contributed by atoms with Crippen LogP contribution in [0.2, 0.25) is 0 Å². The summed E-state index contributed by atoms with van der Waals surface area (Å²) in [5.74, 6) is 0.830. The van der Waals surface area contributed by atoms with Crippen LogP contribution in [0.25, 0.3) is 0 Å². The van der Waals surface area contributed by atoms with E-state index < -0.39 is 5.97 Å². The van der Waals surface area contributed by atoms with Crippen LogP contribution in [-0.2, 0) is 4.79 Å². The molecular weight excluding hydrogens is 246 g/mol. The van der Waals surface area contributed by atoms with Crippen LogP contribution in [0, 0.1) is 6.92 Å². The molecule has 7 nitrogen and oxygen atoms in total. The van der Waals surface area contributed by atoms with Gasteiger partial charge in [0.05, 0.1) is 5.69 Å². The number of carboxylic acids is 1. The molecule has 0 amide bonds. The Bertz CT molecular complexity index is 568. The highest BCUT2D eigenvalue weighted by Crippen LogP contribution is 2.22. The van der Waals surface area contributed by atoms with Crippen molar-refractivity contribution in [3.05, 3.63) is 30.4 Å². The van der Waals surface area contributed by atoms with E-state index in [0.29, 0.717) is 17.5 Å². The molecule has 0 spiro atoms. The fraction of sp³-hybridized carbons (Fsp3) is 0.250. The second kappa shape index (κ2) is 5.38. The van der Waals surface area contributed by atoms with Crippen molar-refractivity contribution < 1.29 is 9.90 Å². The molecule has 2 rings (SSSR count). The van der Waals surface area contributed by atoms with Crippen molar-refractivity contribution in [2.45, 2.75) is 6.92 Å². The minimum absolute atomic E-state index is 0.177. The van der Waals surface area contributed by atoms with Gasteiger partial charge in [-0.1, -0.05) is 0 Å². The number of hydrogen-bond acceptors (Lipinski definition) is 5. The Morgan fingerprint density at radius 2 is 2.32 bits per heavy atom. The van der Waals surface area contributed by atoms with Crippen LogP contribution in [0.1, 0.15) is 5.82 Å². The van der Waals surface area contributed by atoms with Gasteiger partial charge in [-0.25, -0.2) is 9.97 Å². The monoisotopic (exact) mass is 261 g/mol. The highest BCUT2D eigenvalue weighted by atomic mass is 16.4. The first-order valence-corrected chi connectivity index (χ1v) is 5.74. The first-order chi connectivity index (χ1) is 9.06. The lowest BCUT2D eigenvalue weighted by atomic mass is 10.4. The van der Waals surface area contributed by atoms with E-state index in [-0.39, 0.29) is 6.54 Å². The van der Waals surface area contributed by atoms with Gasteiger partial charge in [0.2, 0.25) is 0 Å². The maximum absolute atomic E-state index is 10.5. The highest BCUT2D eigenvalue weighted by molar-refractivity contribution is 5.72. The van der Waals surface area contributed by atoms with Crippen LogP contribution in [0.15, 0.2) is 24.5 Å². The first-order valence-electron chi connectivity index (χ1n) is 5.74. The molecule has 3 N–H and O–H groups in total. The molecule has 0 aliphatic carbocycles. The number of hydrogen-bond donors (Lipinski definition) is 3. The lowest BCUT2D eigenvalue weighted by Gasteiger charge is -2.17. The number of carbonyl (C=O) groups is 1. The fourth-order valence-corrected chi connectivity index (χ4v) is 1.64. The van der Waals surface area contributed by atoms with Gasteiger partial charge in [-0.2, -0.15) is 0 Å². The Balaban J connectivity index is 2.23. The molecule has 0 fully saturated rings. The van der Waals surface area contributed by atoms with Crippen molar-refractivity contribution in [3.63, 3.8) is 0 Å². The van der Waals surface area contributed by atoms with Gasteiger partial charge in [0.1, 0.15) is 24.0 Å². The number of nitrogens with zero attached hydrogens (tertiary/aromatic N) is 3. The van der Waals surface area contributed by atoms with E-state index in [1.165, 1.54) is 0 Å². The lowest BCUT2D eigenvalue weighted by molar-refractivity contribution is -0.134. The molecule has 2 aromatic heterocycles. The molecule has 0 saturated heterocycles. The molecule has 19 heavy (non-hydrogen) atoms. The predicted molar refractivity (Wildman–Crippen MR) is 71.8 cm³/mol. The zero-order valence-electron chi connectivity index (χ0n) is 10.7. The normalized spacial score (nSPS) is 10.2. The van der Waals surface area contributed by atoms with Crippen molar-refractivity contribution >= 4 is 23.3 Å². The molecule has 0 saturated carbocycles. The number of carboxylic acid groups (broad SMARTS) is 1.